The third-order valence-electron chi connectivity index (χ3n) is 5.26. The van der Waals surface area contributed by atoms with Crippen molar-refractivity contribution in [2.45, 2.75) is 20.5 Å². The number of aryl methyl sites for hydroxylation is 2. The summed E-state index contributed by atoms with van der Waals surface area (Å²) in [5.41, 5.74) is 8.20. The molecule has 0 atom stereocenters. The van der Waals surface area contributed by atoms with Gasteiger partial charge in [0.25, 0.3) is 5.91 Å². The van der Waals surface area contributed by atoms with Gasteiger partial charge in [0.15, 0.2) is 0 Å². The minimum atomic E-state index is -0.279. The van der Waals surface area contributed by atoms with Gasteiger partial charge in [-0.1, -0.05) is 35.9 Å². The molecule has 0 spiro atoms. The second-order valence-corrected chi connectivity index (χ2v) is 8.09. The van der Waals surface area contributed by atoms with Crippen LogP contribution in [-0.4, -0.2) is 16.7 Å². The van der Waals surface area contributed by atoms with Crippen LogP contribution < -0.4 is 10.2 Å². The van der Waals surface area contributed by atoms with Crippen molar-refractivity contribution in [1.82, 2.24) is 9.99 Å². The highest BCUT2D eigenvalue weighted by Gasteiger charge is 2.08. The Kier molecular flexibility index (Phi) is 6.91. The van der Waals surface area contributed by atoms with Crippen molar-refractivity contribution in [1.29, 1.82) is 0 Å². The molecule has 0 saturated carbocycles. The van der Waals surface area contributed by atoms with E-state index in [1.165, 1.54) is 0 Å². The van der Waals surface area contributed by atoms with Crippen LogP contribution in [0.1, 0.15) is 32.9 Å². The molecule has 4 aromatic rings. The Labute approximate surface area is 198 Å². The second-order valence-electron chi connectivity index (χ2n) is 7.65. The smallest absolute Gasteiger partial charge is 0.271 e. The maximum atomic E-state index is 12.5. The van der Waals surface area contributed by atoms with Crippen LogP contribution in [0.15, 0.2) is 90.0 Å². The highest BCUT2D eigenvalue weighted by atomic mass is 35.5. The first-order valence-corrected chi connectivity index (χ1v) is 10.9. The van der Waals surface area contributed by atoms with E-state index in [1.807, 2.05) is 60.7 Å². The molecule has 4 rings (SSSR count). The predicted octanol–water partition coefficient (Wildman–Crippen LogP) is 6.09. The third kappa shape index (κ3) is 5.51. The molecule has 0 aliphatic heterocycles. The number of benzene rings is 3. The van der Waals surface area contributed by atoms with Gasteiger partial charge in [-0.25, -0.2) is 5.43 Å². The third-order valence-corrected chi connectivity index (χ3v) is 5.51. The number of rotatable bonds is 7. The Bertz CT molecular complexity index is 1260. The predicted molar refractivity (Wildman–Crippen MR) is 133 cm³/mol. The molecular weight excluding hydrogens is 434 g/mol. The summed E-state index contributed by atoms with van der Waals surface area (Å²) in [6.45, 7) is 4.51. The van der Waals surface area contributed by atoms with Crippen LogP contribution in [0.25, 0.3) is 5.69 Å². The van der Waals surface area contributed by atoms with E-state index < -0.39 is 0 Å². The molecule has 0 unspecified atom stereocenters. The number of hydrazone groups is 1. The number of ether oxygens (including phenoxy) is 1. The van der Waals surface area contributed by atoms with Gasteiger partial charge in [0.05, 0.1) is 6.21 Å². The minimum absolute atomic E-state index is 0.279. The van der Waals surface area contributed by atoms with E-state index >= 15 is 0 Å². The van der Waals surface area contributed by atoms with E-state index in [1.54, 1.807) is 18.3 Å². The number of hydrogen-bond donors (Lipinski definition) is 1. The Morgan fingerprint density at radius 2 is 1.61 bits per heavy atom. The van der Waals surface area contributed by atoms with Gasteiger partial charge >= 0.3 is 0 Å². The molecule has 3 aromatic carbocycles. The first kappa shape index (κ1) is 22.4. The molecule has 0 aliphatic rings. The van der Waals surface area contributed by atoms with Crippen molar-refractivity contribution < 1.29 is 9.53 Å². The first-order valence-electron chi connectivity index (χ1n) is 10.6. The van der Waals surface area contributed by atoms with Crippen molar-refractivity contribution in [3.05, 3.63) is 118 Å². The maximum Gasteiger partial charge on any atom is 0.271 e. The summed E-state index contributed by atoms with van der Waals surface area (Å²) in [7, 11) is 0. The summed E-state index contributed by atoms with van der Waals surface area (Å²) >= 11 is 5.93. The van der Waals surface area contributed by atoms with Crippen molar-refractivity contribution in [3.63, 3.8) is 0 Å². The van der Waals surface area contributed by atoms with Crippen LogP contribution >= 0.6 is 11.6 Å². The lowest BCUT2D eigenvalue weighted by molar-refractivity contribution is 0.0955. The van der Waals surface area contributed by atoms with Gasteiger partial charge in [0.1, 0.15) is 12.4 Å². The summed E-state index contributed by atoms with van der Waals surface area (Å²) in [5.74, 6) is 0.394. The minimum Gasteiger partial charge on any atom is -0.488 e. The zero-order valence-electron chi connectivity index (χ0n) is 18.5. The average molecular weight is 458 g/mol. The number of nitrogens with one attached hydrogen (secondary N) is 1. The van der Waals surface area contributed by atoms with Gasteiger partial charge in [0.2, 0.25) is 0 Å². The van der Waals surface area contributed by atoms with Crippen LogP contribution in [-0.2, 0) is 6.61 Å². The average Bonchev–Trinajstić information content (AvgIpc) is 3.17. The van der Waals surface area contributed by atoms with Gasteiger partial charge in [-0.3, -0.25) is 4.79 Å². The lowest BCUT2D eigenvalue weighted by Gasteiger charge is -2.10. The summed E-state index contributed by atoms with van der Waals surface area (Å²) in [6, 6.07) is 26.6. The van der Waals surface area contributed by atoms with E-state index in [9.17, 15) is 4.79 Å². The monoisotopic (exact) mass is 457 g/mol. The van der Waals surface area contributed by atoms with Gasteiger partial charge in [-0.2, -0.15) is 5.10 Å². The fourth-order valence-electron chi connectivity index (χ4n) is 3.52. The van der Waals surface area contributed by atoms with Crippen molar-refractivity contribution in [3.8, 4) is 11.4 Å². The van der Waals surface area contributed by atoms with Gasteiger partial charge in [-0.05, 0) is 80.1 Å². The Balaban J connectivity index is 1.39. The lowest BCUT2D eigenvalue weighted by atomic mass is 10.2. The van der Waals surface area contributed by atoms with Crippen molar-refractivity contribution in [2.75, 3.05) is 0 Å². The molecule has 6 heteroatoms. The summed E-state index contributed by atoms with van der Waals surface area (Å²) < 4.78 is 8.06. The quantitative estimate of drug-likeness (QED) is 0.269. The second kappa shape index (κ2) is 10.2. The van der Waals surface area contributed by atoms with Gasteiger partial charge < -0.3 is 9.30 Å². The van der Waals surface area contributed by atoms with Crippen LogP contribution in [0.3, 0.4) is 0 Å². The molecule has 166 valence electrons. The van der Waals surface area contributed by atoms with Crippen LogP contribution in [0.5, 0.6) is 5.75 Å². The number of para-hydroxylation sites is 1. The molecular formula is C27H24ClN3O2. The molecule has 1 heterocycles. The SMILES string of the molecule is Cc1ccc(C)n1-c1ccc(C(=O)N/N=C/c2ccccc2OCc2ccc(Cl)cc2)cc1. The molecule has 0 saturated heterocycles. The molecule has 5 nitrogen and oxygen atoms in total. The molecule has 1 N–H and O–H groups in total. The molecule has 0 fully saturated rings. The Morgan fingerprint density at radius 3 is 2.30 bits per heavy atom. The standard InChI is InChI=1S/C27H24ClN3O2/c1-19-7-8-20(2)31(19)25-15-11-22(12-16-25)27(32)30-29-17-23-5-3-4-6-26(23)33-18-21-9-13-24(28)14-10-21/h3-17H,18H2,1-2H3,(H,30,32)/b29-17+. The van der Waals surface area contributed by atoms with Crippen molar-refractivity contribution >= 4 is 23.7 Å². The topological polar surface area (TPSA) is 55.6 Å². The summed E-state index contributed by atoms with van der Waals surface area (Å²) in [5, 5.41) is 4.81. The number of carbonyl (C=O) groups excluding carboxylic acids is 1. The van der Waals surface area contributed by atoms with Crippen LogP contribution in [0.2, 0.25) is 5.02 Å². The number of hydrogen-bond acceptors (Lipinski definition) is 3. The molecule has 0 radical (unpaired) electrons. The fraction of sp³-hybridized carbons (Fsp3) is 0.111. The highest BCUT2D eigenvalue weighted by Crippen LogP contribution is 2.19. The molecule has 1 aromatic heterocycles. The number of carbonyl (C=O) groups is 1. The van der Waals surface area contributed by atoms with Crippen LogP contribution in [0, 0.1) is 13.8 Å². The maximum absolute atomic E-state index is 12.5. The number of aromatic nitrogens is 1. The van der Waals surface area contributed by atoms with Gasteiger partial charge in [0, 0.05) is 33.2 Å². The van der Waals surface area contributed by atoms with E-state index in [4.69, 9.17) is 16.3 Å². The van der Waals surface area contributed by atoms with E-state index in [0.29, 0.717) is 22.9 Å². The molecule has 33 heavy (non-hydrogen) atoms. The van der Waals surface area contributed by atoms with E-state index in [2.05, 4.69) is 41.1 Å². The summed E-state index contributed by atoms with van der Waals surface area (Å²) in [6.07, 6.45) is 1.58. The highest BCUT2D eigenvalue weighted by molar-refractivity contribution is 6.30. The van der Waals surface area contributed by atoms with Crippen LogP contribution in [0.4, 0.5) is 0 Å². The van der Waals surface area contributed by atoms with Gasteiger partial charge in [-0.15, -0.1) is 0 Å². The summed E-state index contributed by atoms with van der Waals surface area (Å²) in [4.78, 5) is 12.5. The number of amides is 1. The zero-order chi connectivity index (χ0) is 23.2. The van der Waals surface area contributed by atoms with E-state index in [-0.39, 0.29) is 5.91 Å². The fourth-order valence-corrected chi connectivity index (χ4v) is 3.65. The number of halogens is 1. The first-order chi connectivity index (χ1) is 16.0. The lowest BCUT2D eigenvalue weighted by Crippen LogP contribution is -2.17. The number of nitrogens with zero attached hydrogens (tertiary/aromatic N) is 2. The molecule has 0 bridgehead atoms. The largest absolute Gasteiger partial charge is 0.488 e. The molecule has 0 aliphatic carbocycles. The normalized spacial score (nSPS) is 11.0. The zero-order valence-corrected chi connectivity index (χ0v) is 19.2. The Morgan fingerprint density at radius 1 is 0.939 bits per heavy atom. The Hall–Kier alpha value is -3.83. The van der Waals surface area contributed by atoms with Crippen molar-refractivity contribution in [2.24, 2.45) is 5.10 Å². The van der Waals surface area contributed by atoms with E-state index in [0.717, 1.165) is 28.2 Å². The molecule has 1 amide bonds.